The molecular formula is C15H21ClO. The average Bonchev–Trinajstić information content (AvgIpc) is 2.26. The highest BCUT2D eigenvalue weighted by Gasteiger charge is 2.13. The van der Waals surface area contributed by atoms with E-state index in [1.54, 1.807) is 0 Å². The van der Waals surface area contributed by atoms with Gasteiger partial charge in [-0.2, -0.15) is 0 Å². The average molecular weight is 253 g/mol. The Morgan fingerprint density at radius 3 is 2.24 bits per heavy atom. The molecular weight excluding hydrogens is 232 g/mol. The van der Waals surface area contributed by atoms with Gasteiger partial charge in [0.25, 0.3) is 0 Å². The lowest BCUT2D eigenvalue weighted by Crippen LogP contribution is -2.11. The molecule has 0 heterocycles. The molecule has 0 aliphatic rings. The van der Waals surface area contributed by atoms with Crippen LogP contribution < -0.4 is 0 Å². The molecule has 1 aromatic carbocycles. The number of alkyl halides is 1. The Kier molecular flexibility index (Phi) is 5.20. The van der Waals surface area contributed by atoms with Crippen LogP contribution in [0.3, 0.4) is 0 Å². The second-order valence-corrected chi connectivity index (χ2v) is 5.83. The van der Waals surface area contributed by atoms with Crippen molar-refractivity contribution in [3.8, 4) is 0 Å². The maximum absolute atomic E-state index is 11.6. The van der Waals surface area contributed by atoms with Gasteiger partial charge in [-0.15, -0.1) is 11.6 Å². The van der Waals surface area contributed by atoms with Crippen LogP contribution >= 0.6 is 11.6 Å². The molecule has 0 saturated carbocycles. The van der Waals surface area contributed by atoms with Gasteiger partial charge in [-0.1, -0.05) is 45.0 Å². The van der Waals surface area contributed by atoms with Crippen LogP contribution in [-0.2, 0) is 16.6 Å². The number of ketones is 1. The summed E-state index contributed by atoms with van der Waals surface area (Å²) in [6.45, 7) is 6.56. The van der Waals surface area contributed by atoms with Crippen LogP contribution in [0.2, 0.25) is 0 Å². The van der Waals surface area contributed by atoms with Gasteiger partial charge in [0.1, 0.15) is 5.78 Å². The molecule has 0 bridgehead atoms. The number of rotatable bonds is 5. The van der Waals surface area contributed by atoms with Gasteiger partial charge in [-0.25, -0.2) is 0 Å². The normalized spacial score (nSPS) is 11.5. The third kappa shape index (κ3) is 4.91. The second kappa shape index (κ2) is 6.20. The smallest absolute Gasteiger partial charge is 0.137 e. The molecule has 1 aromatic rings. The maximum Gasteiger partial charge on any atom is 0.137 e. The Labute approximate surface area is 109 Å². The van der Waals surface area contributed by atoms with Gasteiger partial charge < -0.3 is 0 Å². The molecule has 0 atom stereocenters. The molecule has 0 aromatic heterocycles. The Balaban J connectivity index is 2.60. The summed E-state index contributed by atoms with van der Waals surface area (Å²) in [5, 5.41) is 0. The minimum absolute atomic E-state index is 0.168. The second-order valence-electron chi connectivity index (χ2n) is 5.45. The number of halogens is 1. The zero-order valence-electron chi connectivity index (χ0n) is 10.9. The molecule has 0 unspecified atom stereocenters. The molecule has 0 radical (unpaired) electrons. The lowest BCUT2D eigenvalue weighted by molar-refractivity contribution is -0.118. The van der Waals surface area contributed by atoms with Gasteiger partial charge in [0.05, 0.1) is 0 Å². The van der Waals surface area contributed by atoms with Crippen molar-refractivity contribution in [1.29, 1.82) is 0 Å². The zero-order valence-corrected chi connectivity index (χ0v) is 11.7. The topological polar surface area (TPSA) is 17.1 Å². The summed E-state index contributed by atoms with van der Waals surface area (Å²) in [7, 11) is 0. The van der Waals surface area contributed by atoms with Crippen LogP contribution in [0, 0.1) is 0 Å². The van der Waals surface area contributed by atoms with Crippen molar-refractivity contribution in [3.63, 3.8) is 0 Å². The molecule has 17 heavy (non-hydrogen) atoms. The fourth-order valence-corrected chi connectivity index (χ4v) is 1.84. The first kappa shape index (κ1) is 14.2. The lowest BCUT2D eigenvalue weighted by atomic mass is 9.86. The first-order valence-electron chi connectivity index (χ1n) is 6.10. The van der Waals surface area contributed by atoms with Crippen LogP contribution in [0.5, 0.6) is 0 Å². The van der Waals surface area contributed by atoms with E-state index >= 15 is 0 Å². The van der Waals surface area contributed by atoms with E-state index in [0.29, 0.717) is 18.7 Å². The van der Waals surface area contributed by atoms with E-state index in [1.807, 2.05) is 0 Å². The van der Waals surface area contributed by atoms with Crippen molar-refractivity contribution >= 4 is 17.4 Å². The summed E-state index contributed by atoms with van der Waals surface area (Å²) in [5.41, 5.74) is 2.56. The van der Waals surface area contributed by atoms with Crippen molar-refractivity contribution in [1.82, 2.24) is 0 Å². The Hall–Kier alpha value is -0.820. The molecule has 1 nitrogen and oxygen atoms in total. The minimum Gasteiger partial charge on any atom is -0.299 e. The van der Waals surface area contributed by atoms with Gasteiger partial charge in [0.15, 0.2) is 0 Å². The molecule has 0 spiro atoms. The summed E-state index contributed by atoms with van der Waals surface area (Å²) in [6, 6.07) is 8.34. The number of Topliss-reactive ketones (excluding diaryl/α,β-unsaturated/α-hetero) is 1. The standard InChI is InChI=1S/C15H21ClO/c1-15(2,3)13-8-6-12(7-9-13)11-14(17)5-4-10-16/h6-9H,4-5,10-11H2,1-3H3. The van der Waals surface area contributed by atoms with Crippen LogP contribution in [0.4, 0.5) is 0 Å². The number of carbonyl (C=O) groups excluding carboxylic acids is 1. The van der Waals surface area contributed by atoms with Gasteiger partial charge >= 0.3 is 0 Å². The molecule has 1 rings (SSSR count). The Morgan fingerprint density at radius 1 is 1.18 bits per heavy atom. The Bertz CT molecular complexity index is 360. The summed E-state index contributed by atoms with van der Waals surface area (Å²) < 4.78 is 0. The predicted octanol–water partition coefficient (Wildman–Crippen LogP) is 4.11. The number of hydrogen-bond donors (Lipinski definition) is 0. The van der Waals surface area contributed by atoms with E-state index in [1.165, 1.54) is 5.56 Å². The van der Waals surface area contributed by atoms with E-state index in [9.17, 15) is 4.79 Å². The fraction of sp³-hybridized carbons (Fsp3) is 0.533. The van der Waals surface area contributed by atoms with Crippen LogP contribution in [0.1, 0.15) is 44.7 Å². The fourth-order valence-electron chi connectivity index (χ4n) is 1.70. The van der Waals surface area contributed by atoms with E-state index in [-0.39, 0.29) is 11.2 Å². The lowest BCUT2D eigenvalue weighted by Gasteiger charge is -2.19. The van der Waals surface area contributed by atoms with Crippen molar-refractivity contribution in [3.05, 3.63) is 35.4 Å². The summed E-state index contributed by atoms with van der Waals surface area (Å²) in [4.78, 5) is 11.6. The highest BCUT2D eigenvalue weighted by Crippen LogP contribution is 2.22. The van der Waals surface area contributed by atoms with Crippen molar-refractivity contribution in [2.45, 2.75) is 45.4 Å². The monoisotopic (exact) mass is 252 g/mol. The molecule has 2 heteroatoms. The molecule has 0 aliphatic heterocycles. The van der Waals surface area contributed by atoms with Crippen molar-refractivity contribution in [2.24, 2.45) is 0 Å². The molecule has 0 aliphatic carbocycles. The van der Waals surface area contributed by atoms with Crippen LogP contribution in [-0.4, -0.2) is 11.7 Å². The van der Waals surface area contributed by atoms with Crippen LogP contribution in [0.25, 0.3) is 0 Å². The van der Waals surface area contributed by atoms with Gasteiger partial charge in [-0.05, 0) is 23.0 Å². The van der Waals surface area contributed by atoms with E-state index < -0.39 is 0 Å². The number of carbonyl (C=O) groups is 1. The third-order valence-electron chi connectivity index (χ3n) is 2.81. The predicted molar refractivity (Wildman–Crippen MR) is 73.8 cm³/mol. The van der Waals surface area contributed by atoms with E-state index in [0.717, 1.165) is 12.0 Å². The van der Waals surface area contributed by atoms with E-state index in [2.05, 4.69) is 45.0 Å². The largest absolute Gasteiger partial charge is 0.299 e. The van der Waals surface area contributed by atoms with Crippen molar-refractivity contribution < 1.29 is 4.79 Å². The molecule has 0 N–H and O–H groups in total. The quantitative estimate of drug-likeness (QED) is 0.721. The molecule has 0 fully saturated rings. The molecule has 0 saturated heterocycles. The SMILES string of the molecule is CC(C)(C)c1ccc(CC(=O)CCCCl)cc1. The highest BCUT2D eigenvalue weighted by atomic mass is 35.5. The van der Waals surface area contributed by atoms with E-state index in [4.69, 9.17) is 11.6 Å². The first-order valence-corrected chi connectivity index (χ1v) is 6.64. The van der Waals surface area contributed by atoms with Gasteiger partial charge in [0.2, 0.25) is 0 Å². The van der Waals surface area contributed by atoms with Gasteiger partial charge in [0, 0.05) is 18.7 Å². The summed E-state index contributed by atoms with van der Waals surface area (Å²) in [5.74, 6) is 0.837. The third-order valence-corrected chi connectivity index (χ3v) is 3.08. The molecule has 94 valence electrons. The van der Waals surface area contributed by atoms with Crippen LogP contribution in [0.15, 0.2) is 24.3 Å². The summed E-state index contributed by atoms with van der Waals surface area (Å²) in [6.07, 6.45) is 1.90. The number of benzene rings is 1. The highest BCUT2D eigenvalue weighted by molar-refractivity contribution is 6.17. The minimum atomic E-state index is 0.168. The Morgan fingerprint density at radius 2 is 1.76 bits per heavy atom. The number of hydrogen-bond acceptors (Lipinski definition) is 1. The van der Waals surface area contributed by atoms with Crippen molar-refractivity contribution in [2.75, 3.05) is 5.88 Å². The summed E-state index contributed by atoms with van der Waals surface area (Å²) >= 11 is 5.57. The first-order chi connectivity index (χ1) is 7.93. The van der Waals surface area contributed by atoms with Gasteiger partial charge in [-0.3, -0.25) is 4.79 Å². The maximum atomic E-state index is 11.6. The zero-order chi connectivity index (χ0) is 12.9. The molecule has 0 amide bonds.